The van der Waals surface area contributed by atoms with Crippen LogP contribution in [0.15, 0.2) is 65.2 Å². The molecule has 136 valence electrons. The van der Waals surface area contributed by atoms with Crippen LogP contribution in [0.3, 0.4) is 0 Å². The molecule has 0 saturated carbocycles. The minimum Gasteiger partial charge on any atom is -0.363 e. The lowest BCUT2D eigenvalue weighted by molar-refractivity contribution is 0.335. The Morgan fingerprint density at radius 2 is 1.63 bits per heavy atom. The Balaban J connectivity index is 1.59. The van der Waals surface area contributed by atoms with Gasteiger partial charge in [-0.1, -0.05) is 70.1 Å². The van der Waals surface area contributed by atoms with Crippen molar-refractivity contribution in [1.82, 2.24) is 0 Å². The van der Waals surface area contributed by atoms with Crippen LogP contribution in [-0.4, -0.2) is 6.54 Å². The molecule has 2 aromatic carbocycles. The number of fused-ring (bicyclic) bond motifs is 4. The number of hydrogen-bond acceptors (Lipinski definition) is 1. The highest BCUT2D eigenvalue weighted by Gasteiger charge is 2.47. The third-order valence-corrected chi connectivity index (χ3v) is 7.73. The van der Waals surface area contributed by atoms with Crippen molar-refractivity contribution in [1.29, 1.82) is 0 Å². The fraction of sp³-hybridized carbons (Fsp3) is 0.360. The van der Waals surface area contributed by atoms with Gasteiger partial charge in [-0.15, -0.1) is 0 Å². The molecule has 0 spiro atoms. The molecule has 4 aliphatic rings. The predicted octanol–water partition coefficient (Wildman–Crippen LogP) is 6.65. The van der Waals surface area contributed by atoms with Crippen LogP contribution in [-0.2, 0) is 0 Å². The fourth-order valence-electron chi connectivity index (χ4n) is 6.17. The molecule has 1 nitrogen and oxygen atoms in total. The number of nitrogens with zero attached hydrogens (tertiary/aromatic N) is 1. The molecule has 0 aromatic heterocycles. The first-order valence-electron chi connectivity index (χ1n) is 10.2. The van der Waals surface area contributed by atoms with Gasteiger partial charge in [0.05, 0.1) is 6.04 Å². The molecule has 2 aliphatic carbocycles. The minimum absolute atomic E-state index is 0.480. The van der Waals surface area contributed by atoms with E-state index in [0.717, 1.165) is 5.92 Å². The van der Waals surface area contributed by atoms with E-state index < -0.39 is 0 Å². The first kappa shape index (κ1) is 16.2. The summed E-state index contributed by atoms with van der Waals surface area (Å²) in [6, 6.07) is 14.5. The smallest absolute Gasteiger partial charge is 0.0582 e. The van der Waals surface area contributed by atoms with Crippen molar-refractivity contribution in [3.63, 3.8) is 0 Å². The molecule has 6 rings (SSSR count). The summed E-state index contributed by atoms with van der Waals surface area (Å²) < 4.78 is 1.17. The third kappa shape index (κ3) is 2.29. The number of benzene rings is 2. The van der Waals surface area contributed by atoms with Crippen molar-refractivity contribution >= 4 is 21.6 Å². The van der Waals surface area contributed by atoms with Gasteiger partial charge in [-0.25, -0.2) is 0 Å². The summed E-state index contributed by atoms with van der Waals surface area (Å²) in [6.07, 6.45) is 12.2. The van der Waals surface area contributed by atoms with E-state index in [9.17, 15) is 0 Å². The van der Waals surface area contributed by atoms with E-state index in [1.165, 1.54) is 35.0 Å². The summed E-state index contributed by atoms with van der Waals surface area (Å²) in [6.45, 7) is 3.46. The Kier molecular flexibility index (Phi) is 3.50. The number of hydrogen-bond donors (Lipinski definition) is 0. The summed E-state index contributed by atoms with van der Waals surface area (Å²) >= 11 is 3.62. The van der Waals surface area contributed by atoms with Crippen LogP contribution in [0.4, 0.5) is 5.69 Å². The summed E-state index contributed by atoms with van der Waals surface area (Å²) in [5.74, 6) is 2.56. The fourth-order valence-corrected chi connectivity index (χ4v) is 6.44. The van der Waals surface area contributed by atoms with Crippen LogP contribution in [0.1, 0.15) is 53.0 Å². The molecule has 0 unspecified atom stereocenters. The predicted molar refractivity (Wildman–Crippen MR) is 115 cm³/mol. The van der Waals surface area contributed by atoms with E-state index in [0.29, 0.717) is 23.8 Å². The van der Waals surface area contributed by atoms with Crippen LogP contribution in [0, 0.1) is 18.8 Å². The zero-order valence-electron chi connectivity index (χ0n) is 15.6. The molecule has 27 heavy (non-hydrogen) atoms. The summed E-state index contributed by atoms with van der Waals surface area (Å²) in [7, 11) is 0. The molecule has 0 bridgehead atoms. The highest BCUT2D eigenvalue weighted by molar-refractivity contribution is 9.10. The standard InChI is InChI=1S/C25H24BrN/c1-15-12-22-19-5-2-4-17(19)14-27-24(16-8-10-18(26)11-9-16)21-7-3-6-20(21)23(13-15)25(22)27/h2-3,5-6,8-13,17,19-21,24H,4,7,14H2,1H3/t17-,19-,20-,21+,24+/m1/s1. The van der Waals surface area contributed by atoms with E-state index in [4.69, 9.17) is 0 Å². The molecule has 0 amide bonds. The first-order valence-corrected chi connectivity index (χ1v) is 11.0. The van der Waals surface area contributed by atoms with Crippen LogP contribution in [0.5, 0.6) is 0 Å². The van der Waals surface area contributed by atoms with Crippen molar-refractivity contribution < 1.29 is 0 Å². The van der Waals surface area contributed by atoms with Crippen molar-refractivity contribution in [2.75, 3.05) is 11.4 Å². The molecule has 0 N–H and O–H groups in total. The van der Waals surface area contributed by atoms with E-state index in [-0.39, 0.29) is 0 Å². The van der Waals surface area contributed by atoms with Gasteiger partial charge in [-0.3, -0.25) is 0 Å². The zero-order valence-corrected chi connectivity index (χ0v) is 17.2. The zero-order chi connectivity index (χ0) is 18.1. The monoisotopic (exact) mass is 417 g/mol. The second-order valence-corrected chi connectivity index (χ2v) is 9.66. The lowest BCUT2D eigenvalue weighted by Gasteiger charge is -2.51. The average molecular weight is 418 g/mol. The molecular weight excluding hydrogens is 394 g/mol. The Labute approximate surface area is 169 Å². The van der Waals surface area contributed by atoms with Crippen molar-refractivity contribution in [3.8, 4) is 0 Å². The van der Waals surface area contributed by atoms with Crippen molar-refractivity contribution in [2.45, 2.75) is 37.6 Å². The largest absolute Gasteiger partial charge is 0.363 e. The number of anilines is 1. The highest BCUT2D eigenvalue weighted by atomic mass is 79.9. The number of rotatable bonds is 1. The topological polar surface area (TPSA) is 3.24 Å². The maximum Gasteiger partial charge on any atom is 0.0582 e. The highest BCUT2D eigenvalue weighted by Crippen LogP contribution is 2.58. The van der Waals surface area contributed by atoms with Gasteiger partial charge in [0, 0.05) is 28.5 Å². The van der Waals surface area contributed by atoms with Gasteiger partial charge in [-0.2, -0.15) is 0 Å². The Hall–Kier alpha value is -1.80. The molecule has 0 radical (unpaired) electrons. The molecule has 0 saturated heterocycles. The van der Waals surface area contributed by atoms with Gasteiger partial charge in [0.1, 0.15) is 0 Å². The third-order valence-electron chi connectivity index (χ3n) is 7.21. The average Bonchev–Trinajstić information content (AvgIpc) is 3.32. The van der Waals surface area contributed by atoms with Gasteiger partial charge >= 0.3 is 0 Å². The van der Waals surface area contributed by atoms with Crippen molar-refractivity contribution in [3.05, 3.63) is 87.4 Å². The lowest BCUT2D eigenvalue weighted by Crippen LogP contribution is -2.46. The molecule has 0 fully saturated rings. The molecule has 5 atom stereocenters. The van der Waals surface area contributed by atoms with E-state index in [1.807, 2.05) is 0 Å². The Bertz CT molecular complexity index is 953. The maximum atomic E-state index is 3.62. The van der Waals surface area contributed by atoms with Gasteiger partial charge in [0.25, 0.3) is 0 Å². The number of halogens is 1. The van der Waals surface area contributed by atoms with Gasteiger partial charge in [0.15, 0.2) is 0 Å². The van der Waals surface area contributed by atoms with Gasteiger partial charge in [-0.05, 0) is 60.4 Å². The summed E-state index contributed by atoms with van der Waals surface area (Å²) in [4.78, 5) is 2.79. The molecule has 2 heterocycles. The van der Waals surface area contributed by atoms with Crippen LogP contribution >= 0.6 is 15.9 Å². The van der Waals surface area contributed by atoms with E-state index >= 15 is 0 Å². The van der Waals surface area contributed by atoms with Crippen LogP contribution in [0.25, 0.3) is 0 Å². The summed E-state index contributed by atoms with van der Waals surface area (Å²) in [5.41, 5.74) is 7.60. The van der Waals surface area contributed by atoms with E-state index in [2.05, 4.69) is 88.5 Å². The van der Waals surface area contributed by atoms with Crippen LogP contribution < -0.4 is 4.90 Å². The van der Waals surface area contributed by atoms with Gasteiger partial charge in [0.2, 0.25) is 0 Å². The SMILES string of the molecule is Cc1cc2c3c(c1)[C@@H]1C=CC[C@@H]1[C@H](c1ccc(Br)cc1)N3C[C@H]1CC=C[C@@H]21. The van der Waals surface area contributed by atoms with E-state index in [1.54, 1.807) is 16.8 Å². The van der Waals surface area contributed by atoms with Gasteiger partial charge < -0.3 is 4.90 Å². The number of allylic oxidation sites excluding steroid dienone is 4. The number of aryl methyl sites for hydroxylation is 1. The van der Waals surface area contributed by atoms with Crippen molar-refractivity contribution in [2.24, 2.45) is 11.8 Å². The first-order chi connectivity index (χ1) is 13.2. The lowest BCUT2D eigenvalue weighted by atomic mass is 9.70. The quantitative estimate of drug-likeness (QED) is 0.469. The Morgan fingerprint density at radius 1 is 0.926 bits per heavy atom. The minimum atomic E-state index is 0.480. The second-order valence-electron chi connectivity index (χ2n) is 8.74. The molecular formula is C25H24BrN. The van der Waals surface area contributed by atoms with Crippen LogP contribution in [0.2, 0.25) is 0 Å². The normalized spacial score (nSPS) is 32.4. The second kappa shape index (κ2) is 5.85. The molecule has 2 aromatic rings. The molecule has 2 heteroatoms. The molecule has 2 aliphatic heterocycles. The Morgan fingerprint density at radius 3 is 2.44 bits per heavy atom. The maximum absolute atomic E-state index is 3.62. The summed E-state index contributed by atoms with van der Waals surface area (Å²) in [5, 5.41) is 0.